The van der Waals surface area contributed by atoms with Crippen LogP contribution in [0.3, 0.4) is 0 Å². The first-order valence-corrected chi connectivity index (χ1v) is 25.1. The molecule has 0 bridgehead atoms. The van der Waals surface area contributed by atoms with Gasteiger partial charge in [-0.1, -0.05) is 182 Å². The molecule has 16 rings (SSSR count). The zero-order valence-corrected chi connectivity index (χ0v) is 38.6. The van der Waals surface area contributed by atoms with Crippen molar-refractivity contribution < 1.29 is 0 Å². The summed E-state index contributed by atoms with van der Waals surface area (Å²) >= 11 is 0. The molecule has 2 heteroatoms. The fourth-order valence-corrected chi connectivity index (χ4v) is 14.6. The van der Waals surface area contributed by atoms with Gasteiger partial charge in [0.1, 0.15) is 0 Å². The van der Waals surface area contributed by atoms with Gasteiger partial charge in [0.15, 0.2) is 0 Å². The van der Waals surface area contributed by atoms with E-state index in [1.807, 2.05) is 0 Å². The SMILES string of the molecule is C1=CCC2C(=C1)c1c(-n3c4ccccc4c4cc(-c5ccc6c(c5)c5ccccc5n6-c5ccccc5)ccc43)cccc1C21c2ccccc2C2(C3=C(CCC=C3)c3ccccc32)c2ccccc21. The van der Waals surface area contributed by atoms with Crippen molar-refractivity contribution in [2.45, 2.75) is 30.1 Å². The fourth-order valence-electron chi connectivity index (χ4n) is 14.6. The van der Waals surface area contributed by atoms with Gasteiger partial charge in [0.05, 0.1) is 38.6 Å². The molecular weight excluding hydrogens is 845 g/mol. The second-order valence-electron chi connectivity index (χ2n) is 20.1. The number of hydrogen-bond donors (Lipinski definition) is 0. The van der Waals surface area contributed by atoms with E-state index in [1.54, 1.807) is 0 Å². The molecular formula is C68H46N2. The highest BCUT2D eigenvalue weighted by molar-refractivity contribution is 6.13. The number of allylic oxidation sites excluding steroid dienone is 8. The molecule has 2 heterocycles. The summed E-state index contributed by atoms with van der Waals surface area (Å²) in [6.07, 6.45) is 15.2. The first-order chi connectivity index (χ1) is 34.8. The Morgan fingerprint density at radius 1 is 0.443 bits per heavy atom. The van der Waals surface area contributed by atoms with Crippen molar-refractivity contribution in [3.8, 4) is 22.5 Å². The van der Waals surface area contributed by atoms with Crippen LogP contribution in [-0.2, 0) is 10.8 Å². The molecule has 2 spiro atoms. The summed E-state index contributed by atoms with van der Waals surface area (Å²) in [4.78, 5) is 0. The lowest BCUT2D eigenvalue weighted by molar-refractivity contribution is 0.453. The Balaban J connectivity index is 0.927. The quantitative estimate of drug-likeness (QED) is 0.167. The molecule has 328 valence electrons. The van der Waals surface area contributed by atoms with Gasteiger partial charge in [-0.2, -0.15) is 0 Å². The van der Waals surface area contributed by atoms with Crippen LogP contribution in [0.1, 0.15) is 63.8 Å². The number of benzene rings is 9. The lowest BCUT2D eigenvalue weighted by atomic mass is 9.50. The van der Waals surface area contributed by atoms with Gasteiger partial charge in [-0.25, -0.2) is 0 Å². The minimum Gasteiger partial charge on any atom is -0.309 e. The van der Waals surface area contributed by atoms with E-state index >= 15 is 0 Å². The van der Waals surface area contributed by atoms with Crippen LogP contribution in [0, 0.1) is 5.92 Å². The molecule has 9 aromatic carbocycles. The molecule has 0 aliphatic heterocycles. The van der Waals surface area contributed by atoms with Gasteiger partial charge < -0.3 is 9.13 Å². The monoisotopic (exact) mass is 890 g/mol. The molecule has 5 aliphatic rings. The average molecular weight is 891 g/mol. The molecule has 11 aromatic rings. The van der Waals surface area contributed by atoms with Crippen LogP contribution in [0.15, 0.2) is 242 Å². The van der Waals surface area contributed by atoms with Crippen molar-refractivity contribution >= 4 is 54.8 Å². The zero-order chi connectivity index (χ0) is 45.7. The van der Waals surface area contributed by atoms with E-state index < -0.39 is 10.8 Å². The molecule has 0 saturated heterocycles. The molecule has 2 nitrogen and oxygen atoms in total. The van der Waals surface area contributed by atoms with Crippen LogP contribution >= 0.6 is 0 Å². The second kappa shape index (κ2) is 14.1. The Labute approximate surface area is 407 Å². The Morgan fingerprint density at radius 2 is 1.01 bits per heavy atom. The van der Waals surface area contributed by atoms with E-state index in [9.17, 15) is 0 Å². The first-order valence-electron chi connectivity index (χ1n) is 25.1. The van der Waals surface area contributed by atoms with Gasteiger partial charge in [0.25, 0.3) is 0 Å². The Morgan fingerprint density at radius 3 is 1.73 bits per heavy atom. The van der Waals surface area contributed by atoms with Crippen LogP contribution in [0.4, 0.5) is 0 Å². The van der Waals surface area contributed by atoms with Crippen molar-refractivity contribution in [1.82, 2.24) is 9.13 Å². The van der Waals surface area contributed by atoms with Crippen LogP contribution < -0.4 is 0 Å². The van der Waals surface area contributed by atoms with Gasteiger partial charge in [0, 0.05) is 38.7 Å². The van der Waals surface area contributed by atoms with Gasteiger partial charge in [0.2, 0.25) is 0 Å². The third kappa shape index (κ3) is 4.69. The van der Waals surface area contributed by atoms with E-state index in [2.05, 4.69) is 246 Å². The molecule has 0 fully saturated rings. The van der Waals surface area contributed by atoms with E-state index in [1.165, 1.54) is 127 Å². The highest BCUT2D eigenvalue weighted by Gasteiger charge is 2.61. The number of hydrogen-bond acceptors (Lipinski definition) is 0. The lowest BCUT2D eigenvalue weighted by Gasteiger charge is -2.51. The Kier molecular flexibility index (Phi) is 7.73. The van der Waals surface area contributed by atoms with Crippen molar-refractivity contribution in [3.63, 3.8) is 0 Å². The van der Waals surface area contributed by atoms with E-state index in [4.69, 9.17) is 0 Å². The predicted octanol–water partition coefficient (Wildman–Crippen LogP) is 16.6. The maximum Gasteiger partial charge on any atom is 0.0716 e. The minimum absolute atomic E-state index is 0.211. The van der Waals surface area contributed by atoms with Crippen molar-refractivity contribution in [1.29, 1.82) is 0 Å². The molecule has 70 heavy (non-hydrogen) atoms. The van der Waals surface area contributed by atoms with Gasteiger partial charge in [-0.05, 0) is 141 Å². The van der Waals surface area contributed by atoms with Crippen LogP contribution in [0.5, 0.6) is 0 Å². The van der Waals surface area contributed by atoms with E-state index in [-0.39, 0.29) is 5.92 Å². The van der Waals surface area contributed by atoms with Crippen molar-refractivity contribution in [2.75, 3.05) is 0 Å². The average Bonchev–Trinajstić information content (AvgIpc) is 4.14. The summed E-state index contributed by atoms with van der Waals surface area (Å²) in [5, 5.41) is 5.05. The maximum absolute atomic E-state index is 2.58. The number of aromatic nitrogens is 2. The normalized spacial score (nSPS) is 20.3. The van der Waals surface area contributed by atoms with Crippen molar-refractivity contribution in [3.05, 3.63) is 287 Å². The van der Waals surface area contributed by atoms with Crippen LogP contribution in [-0.4, -0.2) is 9.13 Å². The van der Waals surface area contributed by atoms with Crippen LogP contribution in [0.2, 0.25) is 0 Å². The minimum atomic E-state index is -0.411. The zero-order valence-electron chi connectivity index (χ0n) is 38.6. The number of fused-ring (bicyclic) bond motifs is 21. The summed E-state index contributed by atoms with van der Waals surface area (Å²) in [7, 11) is 0. The predicted molar refractivity (Wildman–Crippen MR) is 290 cm³/mol. The second-order valence-corrected chi connectivity index (χ2v) is 20.1. The fraction of sp³-hybridized carbons (Fsp3) is 0.0882. The maximum atomic E-state index is 2.58. The first kappa shape index (κ1) is 38.5. The summed E-state index contributed by atoms with van der Waals surface area (Å²) in [6.45, 7) is 0. The summed E-state index contributed by atoms with van der Waals surface area (Å²) in [5.41, 5.74) is 24.7. The van der Waals surface area contributed by atoms with Gasteiger partial charge in [-0.15, -0.1) is 0 Å². The molecule has 0 radical (unpaired) electrons. The topological polar surface area (TPSA) is 9.86 Å². The number of nitrogens with zero attached hydrogens (tertiary/aromatic N) is 2. The summed E-state index contributed by atoms with van der Waals surface area (Å²) < 4.78 is 4.98. The van der Waals surface area contributed by atoms with E-state index in [0.29, 0.717) is 0 Å². The molecule has 2 aromatic heterocycles. The molecule has 0 N–H and O–H groups in total. The molecule has 5 aliphatic carbocycles. The number of para-hydroxylation sites is 3. The Hall–Kier alpha value is -8.46. The molecule has 1 atom stereocenters. The van der Waals surface area contributed by atoms with E-state index in [0.717, 1.165) is 19.3 Å². The smallest absolute Gasteiger partial charge is 0.0716 e. The Bertz CT molecular complexity index is 4170. The van der Waals surface area contributed by atoms with Gasteiger partial charge in [-0.3, -0.25) is 0 Å². The number of rotatable bonds is 3. The largest absolute Gasteiger partial charge is 0.309 e. The highest BCUT2D eigenvalue weighted by atomic mass is 15.0. The summed E-state index contributed by atoms with van der Waals surface area (Å²) in [5.74, 6) is 0.211. The lowest BCUT2D eigenvalue weighted by Crippen LogP contribution is -2.46. The van der Waals surface area contributed by atoms with Gasteiger partial charge >= 0.3 is 0 Å². The standard InChI is InChI=1S/C68H46N2/c1-2-19-45(20-3-1)69-61-34-16-7-23-48(61)51-41-43(37-39-63(51)69)44-38-40-64-52(42-44)49-24-8-17-35-62(49)70(64)65-36-18-33-60-66(65)50-25-6-11-28-55(50)68(60)58-31-14-12-29-56(58)67(57-30-13-15-32-59(57)68)53-26-9-4-21-46(53)47-22-5-10-27-54(47)67/h1-4,6-21,23-27,29-42,55H,5,22,28H2. The molecule has 0 saturated carbocycles. The molecule has 1 unspecified atom stereocenters. The highest BCUT2D eigenvalue weighted by Crippen LogP contribution is 2.69. The van der Waals surface area contributed by atoms with Crippen LogP contribution in [0.25, 0.3) is 77.3 Å². The molecule has 0 amide bonds. The third-order valence-electron chi connectivity index (χ3n) is 17.1. The summed E-state index contributed by atoms with van der Waals surface area (Å²) in [6, 6.07) is 78.5. The third-order valence-corrected chi connectivity index (χ3v) is 17.1. The van der Waals surface area contributed by atoms with Crippen molar-refractivity contribution in [2.24, 2.45) is 5.92 Å².